The largest absolute Gasteiger partial charge is 0.365 e. The topological polar surface area (TPSA) is 72.3 Å². The normalized spacial score (nSPS) is 27.0. The molecule has 0 spiro atoms. The lowest BCUT2D eigenvalue weighted by atomic mass is 9.95. The molecule has 1 aromatic rings. The molecule has 2 saturated heterocycles. The molecule has 0 aliphatic carbocycles. The van der Waals surface area contributed by atoms with Gasteiger partial charge in [-0.05, 0) is 32.1 Å². The number of rotatable bonds is 3. The summed E-state index contributed by atoms with van der Waals surface area (Å²) >= 11 is 0. The molecule has 4 heterocycles. The highest BCUT2D eigenvalue weighted by atomic mass is 35.5. The lowest BCUT2D eigenvalue weighted by Gasteiger charge is -2.33. The SMILES string of the molecule is CCC1CCC(C(=O)N2CCC(c3nnc4n3CCNC4)CC2)O1.Cl. The number of hydrogen-bond donors (Lipinski definition) is 1. The van der Waals surface area contributed by atoms with Crippen LogP contribution in [0.2, 0.25) is 0 Å². The third-order valence-corrected chi connectivity index (χ3v) is 5.66. The Morgan fingerprint density at radius 3 is 2.72 bits per heavy atom. The van der Waals surface area contributed by atoms with Gasteiger partial charge in [-0.3, -0.25) is 4.79 Å². The predicted molar refractivity (Wildman–Crippen MR) is 95.7 cm³/mol. The molecule has 140 valence electrons. The van der Waals surface area contributed by atoms with Gasteiger partial charge in [0.2, 0.25) is 0 Å². The number of amides is 1. The lowest BCUT2D eigenvalue weighted by molar-refractivity contribution is -0.144. The van der Waals surface area contributed by atoms with Crippen LogP contribution in [0.1, 0.15) is 56.6 Å². The summed E-state index contributed by atoms with van der Waals surface area (Å²) in [6.07, 6.45) is 4.90. The number of likely N-dealkylation sites (tertiary alicyclic amines) is 1. The number of nitrogens with one attached hydrogen (secondary N) is 1. The lowest BCUT2D eigenvalue weighted by Crippen LogP contribution is -2.44. The Balaban J connectivity index is 0.00000182. The second-order valence-electron chi connectivity index (χ2n) is 7.13. The van der Waals surface area contributed by atoms with Gasteiger partial charge >= 0.3 is 0 Å². The monoisotopic (exact) mass is 369 g/mol. The Hall–Kier alpha value is -1.18. The average Bonchev–Trinajstić information content (AvgIpc) is 3.28. The Morgan fingerprint density at radius 2 is 2.00 bits per heavy atom. The van der Waals surface area contributed by atoms with Gasteiger partial charge in [0.25, 0.3) is 5.91 Å². The van der Waals surface area contributed by atoms with Crippen molar-refractivity contribution >= 4 is 18.3 Å². The van der Waals surface area contributed by atoms with Crippen molar-refractivity contribution in [2.45, 2.75) is 70.2 Å². The van der Waals surface area contributed by atoms with Gasteiger partial charge in [0.05, 0.1) is 12.6 Å². The van der Waals surface area contributed by atoms with Gasteiger partial charge in [-0.15, -0.1) is 22.6 Å². The Morgan fingerprint density at radius 1 is 1.20 bits per heavy atom. The van der Waals surface area contributed by atoms with E-state index in [1.807, 2.05) is 4.90 Å². The molecule has 3 aliphatic heterocycles. The first-order chi connectivity index (χ1) is 11.8. The Bertz CT molecular complexity index is 600. The van der Waals surface area contributed by atoms with Crippen molar-refractivity contribution in [3.8, 4) is 0 Å². The first kappa shape index (κ1) is 18.6. The third-order valence-electron chi connectivity index (χ3n) is 5.66. The summed E-state index contributed by atoms with van der Waals surface area (Å²) in [5, 5.41) is 12.1. The summed E-state index contributed by atoms with van der Waals surface area (Å²) in [6.45, 7) is 6.47. The van der Waals surface area contributed by atoms with E-state index in [-0.39, 0.29) is 30.5 Å². The molecule has 0 aromatic carbocycles. The van der Waals surface area contributed by atoms with E-state index in [2.05, 4.69) is 27.0 Å². The van der Waals surface area contributed by atoms with Crippen molar-refractivity contribution in [2.24, 2.45) is 0 Å². The number of aromatic nitrogens is 3. The molecule has 8 heteroatoms. The number of fused-ring (bicyclic) bond motifs is 1. The second kappa shape index (κ2) is 8.01. The van der Waals surface area contributed by atoms with Crippen LogP contribution in [-0.2, 0) is 22.6 Å². The fraction of sp³-hybridized carbons (Fsp3) is 0.824. The Kier molecular flexibility index (Phi) is 5.96. The maximum absolute atomic E-state index is 12.6. The van der Waals surface area contributed by atoms with Crippen molar-refractivity contribution in [2.75, 3.05) is 19.6 Å². The van der Waals surface area contributed by atoms with Crippen LogP contribution in [0.5, 0.6) is 0 Å². The molecule has 1 amide bonds. The van der Waals surface area contributed by atoms with Gasteiger partial charge in [0, 0.05) is 32.1 Å². The number of halogens is 1. The number of carbonyl (C=O) groups is 1. The minimum atomic E-state index is -0.210. The van der Waals surface area contributed by atoms with Crippen LogP contribution in [0.4, 0.5) is 0 Å². The van der Waals surface area contributed by atoms with E-state index in [4.69, 9.17) is 4.74 Å². The van der Waals surface area contributed by atoms with Crippen LogP contribution in [0.15, 0.2) is 0 Å². The molecule has 7 nitrogen and oxygen atoms in total. The molecule has 25 heavy (non-hydrogen) atoms. The smallest absolute Gasteiger partial charge is 0.251 e. The maximum atomic E-state index is 12.6. The summed E-state index contributed by atoms with van der Waals surface area (Å²) in [6, 6.07) is 0. The number of hydrogen-bond acceptors (Lipinski definition) is 5. The second-order valence-corrected chi connectivity index (χ2v) is 7.13. The van der Waals surface area contributed by atoms with Crippen molar-refractivity contribution in [3.05, 3.63) is 11.6 Å². The van der Waals surface area contributed by atoms with Gasteiger partial charge in [-0.2, -0.15) is 0 Å². The zero-order valence-electron chi connectivity index (χ0n) is 14.8. The fourth-order valence-corrected chi connectivity index (χ4v) is 4.17. The number of piperidine rings is 1. The molecule has 2 fully saturated rings. The molecule has 1 aromatic heterocycles. The molecule has 0 saturated carbocycles. The zero-order chi connectivity index (χ0) is 16.5. The van der Waals surface area contributed by atoms with Gasteiger partial charge in [0.1, 0.15) is 17.8 Å². The maximum Gasteiger partial charge on any atom is 0.251 e. The molecule has 4 rings (SSSR count). The van der Waals surface area contributed by atoms with Crippen molar-refractivity contribution in [1.82, 2.24) is 25.0 Å². The van der Waals surface area contributed by atoms with Crippen molar-refractivity contribution < 1.29 is 9.53 Å². The molecule has 2 atom stereocenters. The third kappa shape index (κ3) is 3.68. The van der Waals surface area contributed by atoms with Gasteiger partial charge in [-0.1, -0.05) is 6.92 Å². The van der Waals surface area contributed by atoms with E-state index in [1.165, 1.54) is 0 Å². The number of carbonyl (C=O) groups excluding carboxylic acids is 1. The van der Waals surface area contributed by atoms with E-state index in [9.17, 15) is 4.79 Å². The molecular formula is C17H28ClN5O2. The van der Waals surface area contributed by atoms with E-state index in [1.54, 1.807) is 0 Å². The summed E-state index contributed by atoms with van der Waals surface area (Å²) in [7, 11) is 0. The Labute approximate surface area is 154 Å². The van der Waals surface area contributed by atoms with Crippen LogP contribution in [0.3, 0.4) is 0 Å². The zero-order valence-corrected chi connectivity index (χ0v) is 15.6. The predicted octanol–water partition coefficient (Wildman–Crippen LogP) is 1.47. The highest BCUT2D eigenvalue weighted by Gasteiger charge is 2.35. The molecular weight excluding hydrogens is 342 g/mol. The minimum absolute atomic E-state index is 0. The standard InChI is InChI=1S/C17H27N5O2.ClH/c1-2-13-3-4-14(24-13)17(23)21-8-5-12(6-9-21)16-20-19-15-11-18-7-10-22(15)16;/h12-14,18H,2-11H2,1H3;1H. The van der Waals surface area contributed by atoms with E-state index in [0.29, 0.717) is 5.92 Å². The van der Waals surface area contributed by atoms with Gasteiger partial charge < -0.3 is 19.5 Å². The number of nitrogens with zero attached hydrogens (tertiary/aromatic N) is 4. The summed E-state index contributed by atoms with van der Waals surface area (Å²) < 4.78 is 8.14. The quantitative estimate of drug-likeness (QED) is 0.873. The van der Waals surface area contributed by atoms with E-state index < -0.39 is 0 Å². The summed E-state index contributed by atoms with van der Waals surface area (Å²) in [5.41, 5.74) is 0. The summed E-state index contributed by atoms with van der Waals surface area (Å²) in [4.78, 5) is 14.6. The van der Waals surface area contributed by atoms with Crippen molar-refractivity contribution in [1.29, 1.82) is 0 Å². The molecule has 3 aliphatic rings. The van der Waals surface area contributed by atoms with E-state index in [0.717, 1.165) is 76.5 Å². The van der Waals surface area contributed by atoms with Crippen LogP contribution in [0, 0.1) is 0 Å². The van der Waals surface area contributed by atoms with Gasteiger partial charge in [0.15, 0.2) is 0 Å². The van der Waals surface area contributed by atoms with Crippen LogP contribution >= 0.6 is 12.4 Å². The first-order valence-corrected chi connectivity index (χ1v) is 9.33. The molecule has 0 radical (unpaired) electrons. The van der Waals surface area contributed by atoms with Crippen LogP contribution < -0.4 is 5.32 Å². The highest BCUT2D eigenvalue weighted by Crippen LogP contribution is 2.30. The number of ether oxygens (including phenoxy) is 1. The fourth-order valence-electron chi connectivity index (χ4n) is 4.17. The van der Waals surface area contributed by atoms with Gasteiger partial charge in [-0.25, -0.2) is 0 Å². The molecule has 1 N–H and O–H groups in total. The first-order valence-electron chi connectivity index (χ1n) is 9.33. The summed E-state index contributed by atoms with van der Waals surface area (Å²) in [5.74, 6) is 2.76. The highest BCUT2D eigenvalue weighted by molar-refractivity contribution is 5.85. The molecule has 0 bridgehead atoms. The van der Waals surface area contributed by atoms with Crippen LogP contribution in [0.25, 0.3) is 0 Å². The molecule has 2 unspecified atom stereocenters. The average molecular weight is 370 g/mol. The minimum Gasteiger partial charge on any atom is -0.365 e. The van der Waals surface area contributed by atoms with Crippen molar-refractivity contribution in [3.63, 3.8) is 0 Å². The van der Waals surface area contributed by atoms with Crippen LogP contribution in [-0.4, -0.2) is 57.4 Å². The van der Waals surface area contributed by atoms with E-state index >= 15 is 0 Å².